The largest absolute Gasteiger partial charge is 0.479 e. The topological polar surface area (TPSA) is 329 Å². The summed E-state index contributed by atoms with van der Waals surface area (Å²) in [5.41, 5.74) is 0. The molecule has 2 aliphatic rings. The van der Waals surface area contributed by atoms with Crippen LogP contribution in [0.5, 0.6) is 0 Å². The van der Waals surface area contributed by atoms with Gasteiger partial charge in [0.25, 0.3) is 0 Å². The molecule has 0 aromatic rings. The fraction of sp³-hybridized carbons (Fsp3) is 0.923. The highest BCUT2D eigenvalue weighted by Gasteiger charge is 2.55. The summed E-state index contributed by atoms with van der Waals surface area (Å²) in [6, 6.07) is -2.10. The average molecular weight is 610 g/mol. The van der Waals surface area contributed by atoms with Crippen molar-refractivity contribution in [2.45, 2.75) is 61.3 Å². The SMILES string of the molecule is CO[C@H]1[C@H](O)[C@@H](NS(=O)(=O)O)[C@H](O[C@H]2[C@H](O)[C@@H](OS(=O)(=O)O)[C@H](O)O[C@H]2C(=O)O)O[C@@H]1COS(=O)(=O)O. The van der Waals surface area contributed by atoms with Crippen molar-refractivity contribution in [3.63, 3.8) is 0 Å². The summed E-state index contributed by atoms with van der Waals surface area (Å²) in [6.45, 7) is -1.11. The highest BCUT2D eigenvalue weighted by Crippen LogP contribution is 2.31. The molecule has 0 aliphatic carbocycles. The van der Waals surface area contributed by atoms with E-state index < -0.39 is 105 Å². The van der Waals surface area contributed by atoms with Crippen molar-refractivity contribution >= 4 is 37.1 Å². The Balaban J connectivity index is 2.46. The van der Waals surface area contributed by atoms with E-state index in [0.717, 1.165) is 7.11 Å². The summed E-state index contributed by atoms with van der Waals surface area (Å²) in [5.74, 6) is -1.94. The van der Waals surface area contributed by atoms with Gasteiger partial charge in [-0.2, -0.15) is 30.0 Å². The molecule has 2 aliphatic heterocycles. The van der Waals surface area contributed by atoms with Gasteiger partial charge in [0, 0.05) is 7.11 Å². The van der Waals surface area contributed by atoms with Crippen molar-refractivity contribution < 1.29 is 91.4 Å². The third-order valence-electron chi connectivity index (χ3n) is 4.92. The highest BCUT2D eigenvalue weighted by molar-refractivity contribution is 7.83. The molecule has 2 rings (SSSR count). The molecular weight excluding hydrogens is 586 g/mol. The predicted octanol–water partition coefficient (Wildman–Crippen LogP) is -5.60. The first kappa shape index (κ1) is 32.0. The first-order chi connectivity index (χ1) is 16.7. The fourth-order valence-electron chi connectivity index (χ4n) is 3.50. The number of aliphatic carboxylic acids is 1. The van der Waals surface area contributed by atoms with Crippen molar-refractivity contribution in [3.8, 4) is 0 Å². The van der Waals surface area contributed by atoms with Crippen molar-refractivity contribution in [1.82, 2.24) is 4.72 Å². The maximum absolute atomic E-state index is 11.6. The first-order valence-corrected chi connectivity index (χ1v) is 13.7. The Morgan fingerprint density at radius 1 is 0.892 bits per heavy atom. The van der Waals surface area contributed by atoms with E-state index in [2.05, 4.69) is 13.1 Å². The number of nitrogens with one attached hydrogen (secondary N) is 1. The van der Waals surface area contributed by atoms with E-state index in [1.165, 1.54) is 4.72 Å². The molecule has 0 amide bonds. The molecule has 218 valence electrons. The Morgan fingerprint density at radius 3 is 1.95 bits per heavy atom. The zero-order valence-electron chi connectivity index (χ0n) is 18.1. The maximum atomic E-state index is 11.6. The van der Waals surface area contributed by atoms with E-state index in [0.29, 0.717) is 0 Å². The van der Waals surface area contributed by atoms with Gasteiger partial charge in [-0.1, -0.05) is 0 Å². The Morgan fingerprint density at radius 2 is 1.49 bits per heavy atom. The molecule has 0 unspecified atom stereocenters. The summed E-state index contributed by atoms with van der Waals surface area (Å²) in [5, 5.41) is 40.3. The molecule has 37 heavy (non-hydrogen) atoms. The fourth-order valence-corrected chi connectivity index (χ4v) is 4.89. The van der Waals surface area contributed by atoms with Gasteiger partial charge in [0.1, 0.15) is 36.6 Å². The van der Waals surface area contributed by atoms with Crippen molar-refractivity contribution in [3.05, 3.63) is 0 Å². The van der Waals surface area contributed by atoms with E-state index in [1.54, 1.807) is 0 Å². The van der Waals surface area contributed by atoms with Gasteiger partial charge in [0.05, 0.1) is 6.61 Å². The summed E-state index contributed by atoms with van der Waals surface area (Å²) in [4.78, 5) is 11.6. The van der Waals surface area contributed by atoms with Crippen LogP contribution in [-0.2, 0) is 63.2 Å². The van der Waals surface area contributed by atoms with Crippen molar-refractivity contribution in [1.29, 1.82) is 0 Å². The molecule has 2 fully saturated rings. The Bertz CT molecular complexity index is 1120. The Kier molecular flexibility index (Phi) is 10.3. The molecule has 8 N–H and O–H groups in total. The van der Waals surface area contributed by atoms with Crippen molar-refractivity contribution in [2.24, 2.45) is 0 Å². The number of rotatable bonds is 11. The molecule has 0 aromatic carbocycles. The van der Waals surface area contributed by atoms with E-state index in [-0.39, 0.29) is 0 Å². The second-order valence-corrected chi connectivity index (χ2v) is 10.8. The number of aliphatic hydroxyl groups excluding tert-OH is 3. The van der Waals surface area contributed by atoms with Gasteiger partial charge < -0.3 is 39.4 Å². The first-order valence-electron chi connectivity index (χ1n) is 9.52. The average Bonchev–Trinajstić information content (AvgIpc) is 2.71. The number of ether oxygens (including phenoxy) is 4. The van der Waals surface area contributed by atoms with Crippen LogP contribution < -0.4 is 4.72 Å². The van der Waals surface area contributed by atoms with E-state index >= 15 is 0 Å². The summed E-state index contributed by atoms with van der Waals surface area (Å²) in [7, 11) is -14.7. The molecule has 0 spiro atoms. The molecule has 10 atom stereocenters. The van der Waals surface area contributed by atoms with Crippen LogP contribution in [0, 0.1) is 0 Å². The molecule has 24 heteroatoms. The maximum Gasteiger partial charge on any atom is 0.397 e. The molecular formula is C13H23NO20S3. The second kappa shape index (κ2) is 11.9. The highest BCUT2D eigenvalue weighted by atomic mass is 32.3. The number of methoxy groups -OCH3 is 1. The van der Waals surface area contributed by atoms with Gasteiger partial charge in [-0.15, -0.1) is 0 Å². The van der Waals surface area contributed by atoms with Crippen molar-refractivity contribution in [2.75, 3.05) is 13.7 Å². The molecule has 2 saturated heterocycles. The van der Waals surface area contributed by atoms with Gasteiger partial charge in [0.2, 0.25) is 0 Å². The van der Waals surface area contributed by atoms with Gasteiger partial charge in [-0.3, -0.25) is 13.7 Å². The van der Waals surface area contributed by atoms with Crippen LogP contribution in [0.4, 0.5) is 0 Å². The van der Waals surface area contributed by atoms with Gasteiger partial charge in [0.15, 0.2) is 24.8 Å². The lowest BCUT2D eigenvalue weighted by Crippen LogP contribution is -2.68. The monoisotopic (exact) mass is 609 g/mol. The third kappa shape index (κ3) is 8.92. The number of carboxylic acid groups (broad SMARTS) is 1. The van der Waals surface area contributed by atoms with Crippen LogP contribution in [-0.4, -0.2) is 140 Å². The van der Waals surface area contributed by atoms with Gasteiger partial charge >= 0.3 is 37.1 Å². The lowest BCUT2D eigenvalue weighted by molar-refractivity contribution is -0.333. The van der Waals surface area contributed by atoms with Gasteiger partial charge in [-0.25, -0.2) is 13.2 Å². The molecule has 0 saturated carbocycles. The minimum Gasteiger partial charge on any atom is -0.479 e. The minimum absolute atomic E-state index is 0.946. The quantitative estimate of drug-likeness (QED) is 0.101. The zero-order valence-corrected chi connectivity index (χ0v) is 20.6. The van der Waals surface area contributed by atoms with E-state index in [4.69, 9.17) is 23.3 Å². The number of carboxylic acids is 1. The summed E-state index contributed by atoms with van der Waals surface area (Å²) >= 11 is 0. The van der Waals surface area contributed by atoms with Gasteiger partial charge in [-0.05, 0) is 0 Å². The Labute approximate surface area is 208 Å². The van der Waals surface area contributed by atoms with E-state index in [1.807, 2.05) is 0 Å². The standard InChI is InChI=1S/C13H23NO20S3/c1-29-7-3(2-30-36(23,24)25)31-13(4(5(7)15)14-35(20,21)22)33-8-6(16)9(34-37(26,27)28)12(19)32-10(8)11(17)18/h3-10,12-16,19H,2H2,1H3,(H,17,18)(H,20,21,22)(H,23,24,25)(H,26,27,28)/t3-,4-,5-,6+,7-,8+,9-,10-,12-,13+/m1/s1. The number of aliphatic hydroxyl groups is 3. The smallest absolute Gasteiger partial charge is 0.397 e. The zero-order chi connectivity index (χ0) is 28.5. The van der Waals surface area contributed by atoms with Crippen LogP contribution in [0.1, 0.15) is 0 Å². The second-order valence-electron chi connectivity index (χ2n) is 7.43. The number of hydrogen-bond donors (Lipinski definition) is 8. The van der Waals surface area contributed by atoms with Crippen LogP contribution in [0.15, 0.2) is 0 Å². The summed E-state index contributed by atoms with van der Waals surface area (Å²) < 4.78 is 123. The molecule has 2 heterocycles. The van der Waals surface area contributed by atoms with E-state index in [9.17, 15) is 55.0 Å². The third-order valence-corrected chi connectivity index (χ3v) is 6.39. The van der Waals surface area contributed by atoms with Crippen LogP contribution in [0.2, 0.25) is 0 Å². The van der Waals surface area contributed by atoms with Crippen LogP contribution in [0.25, 0.3) is 0 Å². The summed E-state index contributed by atoms with van der Waals surface area (Å²) in [6.07, 6.45) is -19.8. The molecule has 21 nitrogen and oxygen atoms in total. The minimum atomic E-state index is -5.38. The van der Waals surface area contributed by atoms with Crippen LogP contribution >= 0.6 is 0 Å². The Hall–Kier alpha value is -1.20. The molecule has 0 radical (unpaired) electrons. The molecule has 0 bridgehead atoms. The predicted molar refractivity (Wildman–Crippen MR) is 107 cm³/mol. The lowest BCUT2D eigenvalue weighted by atomic mass is 9.96. The molecule has 0 aromatic heterocycles. The lowest BCUT2D eigenvalue weighted by Gasteiger charge is -2.46. The normalized spacial score (nSPS) is 37.8. The van der Waals surface area contributed by atoms with Crippen LogP contribution in [0.3, 0.4) is 0 Å². The number of hydrogen-bond acceptors (Lipinski definition) is 16. The number of carbonyl (C=O) groups is 1.